The number of hydrogen-bond donors (Lipinski definition) is 0. The number of hydrogen-bond acceptors (Lipinski definition) is 1. The molecule has 0 amide bonds. The summed E-state index contributed by atoms with van der Waals surface area (Å²) in [6, 6.07) is 44.0. The van der Waals surface area contributed by atoms with Crippen LogP contribution in [0.1, 0.15) is 94.2 Å². The van der Waals surface area contributed by atoms with E-state index in [1.54, 1.807) is 44.6 Å². The van der Waals surface area contributed by atoms with Crippen LogP contribution >= 0.6 is 0 Å². The molecule has 0 aliphatic heterocycles. The van der Waals surface area contributed by atoms with E-state index in [2.05, 4.69) is 201 Å². The lowest BCUT2D eigenvalue weighted by atomic mass is 9.64. The highest BCUT2D eigenvalue weighted by molar-refractivity contribution is 5.86. The van der Waals surface area contributed by atoms with Gasteiger partial charge in [-0.1, -0.05) is 160 Å². The van der Waals surface area contributed by atoms with Gasteiger partial charge in [0.15, 0.2) is 0 Å². The lowest BCUT2D eigenvalue weighted by Gasteiger charge is -2.38. The van der Waals surface area contributed by atoms with Crippen LogP contribution in [0.5, 0.6) is 0 Å². The predicted octanol–water partition coefficient (Wildman–Crippen LogP) is 17.0. The van der Waals surface area contributed by atoms with Crippen LogP contribution < -0.4 is 4.90 Å². The molecule has 13 rings (SSSR count). The molecule has 1 unspecified atom stereocenters. The molecule has 5 aromatic rings. The fraction of sp³-hybridized carbons (Fsp3) is 0.219. The zero-order valence-corrected chi connectivity index (χ0v) is 37.7. The molecule has 0 fully saturated rings. The van der Waals surface area contributed by atoms with Crippen molar-refractivity contribution in [3.05, 3.63) is 249 Å². The van der Waals surface area contributed by atoms with Gasteiger partial charge in [0.2, 0.25) is 0 Å². The Morgan fingerprint density at radius 1 is 0.477 bits per heavy atom. The Morgan fingerprint density at radius 2 is 1.08 bits per heavy atom. The lowest BCUT2D eigenvalue weighted by Crippen LogP contribution is -2.28. The highest BCUT2D eigenvalue weighted by atomic mass is 15.1. The van der Waals surface area contributed by atoms with Crippen LogP contribution in [0.3, 0.4) is 0 Å². The maximum Gasteiger partial charge on any atom is 0.0712 e. The fourth-order valence-corrected chi connectivity index (χ4v) is 13.2. The van der Waals surface area contributed by atoms with Crippen LogP contribution in [0.25, 0.3) is 33.4 Å². The Balaban J connectivity index is 0.974. The van der Waals surface area contributed by atoms with E-state index in [0.717, 1.165) is 57.8 Å². The Kier molecular flexibility index (Phi) is 8.90. The van der Waals surface area contributed by atoms with Crippen LogP contribution in [0.4, 0.5) is 11.4 Å². The molecule has 0 bridgehead atoms. The summed E-state index contributed by atoms with van der Waals surface area (Å²) >= 11 is 0. The zero-order valence-electron chi connectivity index (χ0n) is 37.7. The first kappa shape index (κ1) is 38.7. The molecule has 0 radical (unpaired) electrons. The molecule has 8 aliphatic carbocycles. The first-order valence-electron chi connectivity index (χ1n) is 24.3. The van der Waals surface area contributed by atoms with Gasteiger partial charge in [0.25, 0.3) is 0 Å². The van der Waals surface area contributed by atoms with E-state index in [1.165, 1.54) is 67.1 Å². The van der Waals surface area contributed by atoms with Gasteiger partial charge in [0, 0.05) is 28.4 Å². The summed E-state index contributed by atoms with van der Waals surface area (Å²) in [5, 5.41) is 0. The first-order valence-corrected chi connectivity index (χ1v) is 24.3. The molecule has 0 N–H and O–H groups in total. The topological polar surface area (TPSA) is 3.24 Å². The van der Waals surface area contributed by atoms with Crippen molar-refractivity contribution in [1.82, 2.24) is 0 Å². The third-order valence-electron chi connectivity index (χ3n) is 16.2. The van der Waals surface area contributed by atoms with Crippen molar-refractivity contribution in [3.8, 4) is 33.4 Å². The summed E-state index contributed by atoms with van der Waals surface area (Å²) in [7, 11) is 0. The van der Waals surface area contributed by atoms with Gasteiger partial charge in [0.1, 0.15) is 0 Å². The molecule has 316 valence electrons. The predicted molar refractivity (Wildman–Crippen MR) is 272 cm³/mol. The van der Waals surface area contributed by atoms with Crippen LogP contribution in [-0.4, -0.2) is 0 Å². The summed E-state index contributed by atoms with van der Waals surface area (Å²) in [5.74, 6) is 0.367. The molecule has 8 aliphatic rings. The average molecular weight is 838 g/mol. The van der Waals surface area contributed by atoms with Gasteiger partial charge in [-0.15, -0.1) is 0 Å². The smallest absolute Gasteiger partial charge is 0.0712 e. The summed E-state index contributed by atoms with van der Waals surface area (Å²) in [6.45, 7) is 4.82. The van der Waals surface area contributed by atoms with Gasteiger partial charge in [-0.3, -0.25) is 0 Å². The van der Waals surface area contributed by atoms with E-state index < -0.39 is 0 Å². The lowest BCUT2D eigenvalue weighted by molar-refractivity contribution is 0.660. The number of allylic oxidation sites excluding steroid dienone is 20. The van der Waals surface area contributed by atoms with E-state index in [1.807, 2.05) is 0 Å². The third-order valence-corrected chi connectivity index (χ3v) is 16.2. The molecule has 1 heteroatoms. The molecule has 1 atom stereocenters. The maximum absolute atomic E-state index is 2.68. The minimum atomic E-state index is -0.229. The number of rotatable bonds is 6. The van der Waals surface area contributed by atoms with Crippen molar-refractivity contribution < 1.29 is 0 Å². The first-order chi connectivity index (χ1) is 32.0. The zero-order chi connectivity index (χ0) is 43.3. The summed E-state index contributed by atoms with van der Waals surface area (Å²) in [6.07, 6.45) is 36.6. The second kappa shape index (κ2) is 14.9. The standard InChI is InChI=1S/C64H55N/c1-63(2)57-25-13-9-21-51(57)55-35-33-49(40-61(55)63)65(48-31-29-44(30-32-48)47-38-45(42-17-5-3-6-18-42)37-46(39-47)43-19-7-4-8-20-43)50-34-36-56-54-24-12-16-28-60(54)64(62(56)41-50)58-26-14-10-22-52(58)53-23-11-15-27-59(53)64/h3-9,13-19,21,25-33,35,37-41,43H,10-12,20,22-24,34,36H2,1-2H3. The normalized spacial score (nSPS) is 21.4. The Hall–Kier alpha value is -6.70. The van der Waals surface area contributed by atoms with Crippen LogP contribution in [0, 0.1) is 5.41 Å². The minimum absolute atomic E-state index is 0.0973. The van der Waals surface area contributed by atoms with E-state index in [-0.39, 0.29) is 10.8 Å². The molecule has 0 saturated carbocycles. The van der Waals surface area contributed by atoms with Crippen molar-refractivity contribution in [2.45, 2.75) is 83.0 Å². The largest absolute Gasteiger partial charge is 0.314 e. The Morgan fingerprint density at radius 3 is 1.74 bits per heavy atom. The highest BCUT2D eigenvalue weighted by Crippen LogP contribution is 2.68. The molecular weight excluding hydrogens is 783 g/mol. The number of fused-ring (bicyclic) bond motifs is 9. The summed E-state index contributed by atoms with van der Waals surface area (Å²) < 4.78 is 0. The van der Waals surface area contributed by atoms with Gasteiger partial charge in [-0.05, 0) is 189 Å². The van der Waals surface area contributed by atoms with E-state index in [9.17, 15) is 0 Å². The van der Waals surface area contributed by atoms with Crippen LogP contribution in [-0.2, 0) is 5.41 Å². The molecule has 1 spiro atoms. The van der Waals surface area contributed by atoms with E-state index in [0.29, 0.717) is 5.92 Å². The molecule has 65 heavy (non-hydrogen) atoms. The van der Waals surface area contributed by atoms with Gasteiger partial charge in [0.05, 0.1) is 5.41 Å². The minimum Gasteiger partial charge on any atom is -0.314 e. The number of benzene rings is 5. The van der Waals surface area contributed by atoms with Crippen LogP contribution in [0.15, 0.2) is 232 Å². The molecule has 0 saturated heterocycles. The van der Waals surface area contributed by atoms with Gasteiger partial charge in [-0.2, -0.15) is 0 Å². The quantitative estimate of drug-likeness (QED) is 0.165. The van der Waals surface area contributed by atoms with Gasteiger partial charge >= 0.3 is 0 Å². The maximum atomic E-state index is 2.68. The summed E-state index contributed by atoms with van der Waals surface area (Å²) in [5.41, 5.74) is 28.2. The van der Waals surface area contributed by atoms with Crippen molar-refractivity contribution in [1.29, 1.82) is 0 Å². The SMILES string of the molecule is CC1(C)c2ccccc2-c2ccc(N(C3=CC4=C(CC3)C3=C(C=CCC3)C43C4=C(CCC=C4)C4=C3C=CCC4)c3ccc(-c4cc(-c5ccccc5)cc(C5C=CC=CC5)c4)cc3)cc21. The van der Waals surface area contributed by atoms with Crippen molar-refractivity contribution in [2.75, 3.05) is 4.90 Å². The Labute approximate surface area is 385 Å². The van der Waals surface area contributed by atoms with E-state index >= 15 is 0 Å². The van der Waals surface area contributed by atoms with Crippen molar-refractivity contribution in [2.24, 2.45) is 5.41 Å². The third kappa shape index (κ3) is 5.83. The number of nitrogens with zero attached hydrogens (tertiary/aromatic N) is 1. The van der Waals surface area contributed by atoms with Crippen molar-refractivity contribution >= 4 is 11.4 Å². The summed E-state index contributed by atoms with van der Waals surface area (Å²) in [4.78, 5) is 2.63. The van der Waals surface area contributed by atoms with Gasteiger partial charge in [-0.25, -0.2) is 0 Å². The fourth-order valence-electron chi connectivity index (χ4n) is 13.2. The molecule has 1 nitrogen and oxygen atoms in total. The van der Waals surface area contributed by atoms with E-state index in [4.69, 9.17) is 0 Å². The highest BCUT2D eigenvalue weighted by Gasteiger charge is 2.55. The number of anilines is 2. The molecule has 0 heterocycles. The Bertz CT molecular complexity index is 3120. The second-order valence-corrected chi connectivity index (χ2v) is 19.9. The molecule has 0 aromatic heterocycles. The van der Waals surface area contributed by atoms with Gasteiger partial charge < -0.3 is 4.90 Å². The van der Waals surface area contributed by atoms with Crippen molar-refractivity contribution in [3.63, 3.8) is 0 Å². The second-order valence-electron chi connectivity index (χ2n) is 19.9. The monoisotopic (exact) mass is 837 g/mol. The molecule has 5 aromatic carbocycles. The average Bonchev–Trinajstić information content (AvgIpc) is 3.93. The van der Waals surface area contributed by atoms with Crippen LogP contribution in [0.2, 0.25) is 0 Å². The molecular formula is C64H55N.